The van der Waals surface area contributed by atoms with Crippen LogP contribution in [0, 0.1) is 5.92 Å². The van der Waals surface area contributed by atoms with Crippen molar-refractivity contribution in [1.29, 1.82) is 0 Å². The molecule has 1 atom stereocenters. The predicted molar refractivity (Wildman–Crippen MR) is 93.3 cm³/mol. The number of hydrazine groups is 1. The molecule has 0 bridgehead atoms. The Bertz CT molecular complexity index is 383. The highest BCUT2D eigenvalue weighted by molar-refractivity contribution is 5.28. The van der Waals surface area contributed by atoms with Crippen LogP contribution in [0.2, 0.25) is 0 Å². The molecule has 3 N–H and O–H groups in total. The number of hydrogen-bond acceptors (Lipinski definition) is 2. The van der Waals surface area contributed by atoms with E-state index >= 15 is 0 Å². The molecular formula is C19H34N2. The van der Waals surface area contributed by atoms with E-state index in [1.54, 1.807) is 0 Å². The van der Waals surface area contributed by atoms with Gasteiger partial charge in [0.2, 0.25) is 0 Å². The SMILES string of the molecule is CCCC(CCC)C(Cc1ccc(C(C)(C)C)cc1)NN. The molecule has 21 heavy (non-hydrogen) atoms. The molecule has 0 aromatic heterocycles. The molecule has 0 fully saturated rings. The van der Waals surface area contributed by atoms with Crippen molar-refractivity contribution in [3.05, 3.63) is 35.4 Å². The Hall–Kier alpha value is -0.860. The molecule has 2 nitrogen and oxygen atoms in total. The standard InChI is InChI=1S/C19H34N2/c1-6-8-16(9-7-2)18(21-20)14-15-10-12-17(13-11-15)19(3,4)5/h10-13,16,18,21H,6-9,14,20H2,1-5H3. The maximum Gasteiger partial charge on any atom is 0.0279 e. The highest BCUT2D eigenvalue weighted by Gasteiger charge is 2.20. The average Bonchev–Trinajstić information content (AvgIpc) is 2.44. The summed E-state index contributed by atoms with van der Waals surface area (Å²) in [6.07, 6.45) is 5.98. The molecule has 1 aromatic carbocycles. The molecule has 0 amide bonds. The Morgan fingerprint density at radius 1 is 1.00 bits per heavy atom. The summed E-state index contributed by atoms with van der Waals surface area (Å²) in [7, 11) is 0. The molecular weight excluding hydrogens is 256 g/mol. The molecule has 1 rings (SSSR count). The lowest BCUT2D eigenvalue weighted by Crippen LogP contribution is -2.42. The molecule has 0 saturated carbocycles. The first-order valence-corrected chi connectivity index (χ1v) is 8.47. The van der Waals surface area contributed by atoms with Crippen LogP contribution in [0.25, 0.3) is 0 Å². The number of hydrogen-bond donors (Lipinski definition) is 2. The minimum absolute atomic E-state index is 0.219. The molecule has 120 valence electrons. The average molecular weight is 290 g/mol. The summed E-state index contributed by atoms with van der Waals surface area (Å²) >= 11 is 0. The lowest BCUT2D eigenvalue weighted by Gasteiger charge is -2.27. The van der Waals surface area contributed by atoms with E-state index in [-0.39, 0.29) is 5.41 Å². The Kier molecular flexibility index (Phi) is 7.41. The summed E-state index contributed by atoms with van der Waals surface area (Å²) in [6, 6.07) is 9.43. The maximum atomic E-state index is 5.83. The van der Waals surface area contributed by atoms with Crippen molar-refractivity contribution in [2.75, 3.05) is 0 Å². The van der Waals surface area contributed by atoms with Gasteiger partial charge in [0.05, 0.1) is 0 Å². The van der Waals surface area contributed by atoms with Crippen LogP contribution in [0.15, 0.2) is 24.3 Å². The van der Waals surface area contributed by atoms with E-state index in [0.29, 0.717) is 12.0 Å². The summed E-state index contributed by atoms with van der Waals surface area (Å²) in [5.41, 5.74) is 6.05. The molecule has 0 aliphatic rings. The van der Waals surface area contributed by atoms with Gasteiger partial charge < -0.3 is 0 Å². The van der Waals surface area contributed by atoms with Crippen molar-refractivity contribution in [2.24, 2.45) is 11.8 Å². The van der Waals surface area contributed by atoms with E-state index in [1.807, 2.05) is 0 Å². The van der Waals surface area contributed by atoms with Crippen molar-refractivity contribution < 1.29 is 0 Å². The van der Waals surface area contributed by atoms with E-state index in [0.717, 1.165) is 6.42 Å². The van der Waals surface area contributed by atoms with Crippen molar-refractivity contribution in [2.45, 2.75) is 78.2 Å². The number of benzene rings is 1. The molecule has 0 heterocycles. The van der Waals surface area contributed by atoms with E-state index in [9.17, 15) is 0 Å². The van der Waals surface area contributed by atoms with Gasteiger partial charge in [-0.25, -0.2) is 0 Å². The normalized spacial score (nSPS) is 13.7. The summed E-state index contributed by atoms with van der Waals surface area (Å²) in [6.45, 7) is 11.3. The number of rotatable bonds is 8. The minimum Gasteiger partial charge on any atom is -0.271 e. The van der Waals surface area contributed by atoms with Crippen molar-refractivity contribution in [1.82, 2.24) is 5.43 Å². The van der Waals surface area contributed by atoms with Gasteiger partial charge >= 0.3 is 0 Å². The molecule has 1 unspecified atom stereocenters. The maximum absolute atomic E-state index is 5.83. The molecule has 0 aliphatic carbocycles. The molecule has 0 radical (unpaired) electrons. The van der Waals surface area contributed by atoms with Crippen LogP contribution in [0.4, 0.5) is 0 Å². The van der Waals surface area contributed by atoms with Gasteiger partial charge in [0.25, 0.3) is 0 Å². The Morgan fingerprint density at radius 2 is 1.52 bits per heavy atom. The molecule has 1 aromatic rings. The zero-order valence-corrected chi connectivity index (χ0v) is 14.6. The Balaban J connectivity index is 2.76. The first-order chi connectivity index (χ1) is 9.92. The smallest absolute Gasteiger partial charge is 0.0279 e. The Morgan fingerprint density at radius 3 is 1.90 bits per heavy atom. The second-order valence-corrected chi connectivity index (χ2v) is 7.26. The summed E-state index contributed by atoms with van der Waals surface area (Å²) in [5.74, 6) is 6.50. The van der Waals surface area contributed by atoms with Crippen molar-refractivity contribution in [3.8, 4) is 0 Å². The van der Waals surface area contributed by atoms with E-state index in [1.165, 1.54) is 36.8 Å². The van der Waals surface area contributed by atoms with Crippen LogP contribution < -0.4 is 11.3 Å². The third-order valence-electron chi connectivity index (χ3n) is 4.38. The van der Waals surface area contributed by atoms with Gasteiger partial charge in [-0.3, -0.25) is 11.3 Å². The van der Waals surface area contributed by atoms with Gasteiger partial charge in [-0.15, -0.1) is 0 Å². The fourth-order valence-corrected chi connectivity index (χ4v) is 3.04. The first kappa shape index (κ1) is 18.2. The van der Waals surface area contributed by atoms with Gasteiger partial charge in [0.15, 0.2) is 0 Å². The van der Waals surface area contributed by atoms with Gasteiger partial charge in [-0.1, -0.05) is 71.7 Å². The zero-order valence-electron chi connectivity index (χ0n) is 14.6. The fourth-order valence-electron chi connectivity index (χ4n) is 3.04. The summed E-state index contributed by atoms with van der Waals surface area (Å²) in [4.78, 5) is 0. The van der Waals surface area contributed by atoms with Crippen LogP contribution in [-0.4, -0.2) is 6.04 Å². The fraction of sp³-hybridized carbons (Fsp3) is 0.684. The summed E-state index contributed by atoms with van der Waals surface area (Å²) in [5, 5.41) is 0. The quantitative estimate of drug-likeness (QED) is 0.543. The molecule has 0 saturated heterocycles. The topological polar surface area (TPSA) is 38.0 Å². The van der Waals surface area contributed by atoms with E-state index in [4.69, 9.17) is 5.84 Å². The number of nitrogens with two attached hydrogens (primary N) is 1. The largest absolute Gasteiger partial charge is 0.271 e. The van der Waals surface area contributed by atoms with E-state index in [2.05, 4.69) is 64.3 Å². The van der Waals surface area contributed by atoms with Crippen LogP contribution in [0.3, 0.4) is 0 Å². The first-order valence-electron chi connectivity index (χ1n) is 8.47. The highest BCUT2D eigenvalue weighted by Crippen LogP contribution is 2.24. The lowest BCUT2D eigenvalue weighted by molar-refractivity contribution is 0.311. The summed E-state index contributed by atoms with van der Waals surface area (Å²) < 4.78 is 0. The monoisotopic (exact) mass is 290 g/mol. The Labute approximate surface area is 131 Å². The lowest BCUT2D eigenvalue weighted by atomic mass is 9.84. The van der Waals surface area contributed by atoms with Crippen LogP contribution in [0.1, 0.15) is 71.4 Å². The minimum atomic E-state index is 0.219. The van der Waals surface area contributed by atoms with E-state index < -0.39 is 0 Å². The van der Waals surface area contributed by atoms with Crippen LogP contribution in [0.5, 0.6) is 0 Å². The third-order valence-corrected chi connectivity index (χ3v) is 4.38. The zero-order chi connectivity index (χ0) is 15.9. The van der Waals surface area contributed by atoms with Crippen molar-refractivity contribution >= 4 is 0 Å². The third kappa shape index (κ3) is 5.80. The second kappa shape index (κ2) is 8.55. The molecule has 2 heteroatoms. The van der Waals surface area contributed by atoms with Gasteiger partial charge in [-0.05, 0) is 41.7 Å². The molecule has 0 aliphatic heterocycles. The second-order valence-electron chi connectivity index (χ2n) is 7.26. The van der Waals surface area contributed by atoms with Gasteiger partial charge in [-0.2, -0.15) is 0 Å². The van der Waals surface area contributed by atoms with Gasteiger partial charge in [0.1, 0.15) is 0 Å². The number of nitrogens with one attached hydrogen (secondary N) is 1. The predicted octanol–water partition coefficient (Wildman–Crippen LogP) is 4.57. The highest BCUT2D eigenvalue weighted by atomic mass is 15.2. The van der Waals surface area contributed by atoms with Crippen molar-refractivity contribution in [3.63, 3.8) is 0 Å². The van der Waals surface area contributed by atoms with Crippen LogP contribution >= 0.6 is 0 Å². The van der Waals surface area contributed by atoms with Crippen LogP contribution in [-0.2, 0) is 11.8 Å². The van der Waals surface area contributed by atoms with Gasteiger partial charge in [0, 0.05) is 6.04 Å². The molecule has 0 spiro atoms.